The first-order chi connectivity index (χ1) is 14.9. The molecule has 0 aliphatic carbocycles. The summed E-state index contributed by atoms with van der Waals surface area (Å²) in [5.74, 6) is 0.0749. The predicted octanol–water partition coefficient (Wildman–Crippen LogP) is 4.88. The Morgan fingerprint density at radius 1 is 1.13 bits per heavy atom. The molecule has 166 valence electrons. The quantitative estimate of drug-likeness (QED) is 0.617. The summed E-state index contributed by atoms with van der Waals surface area (Å²) in [6.07, 6.45) is 0.893. The van der Waals surface area contributed by atoms with Crippen molar-refractivity contribution in [3.63, 3.8) is 0 Å². The largest absolute Gasteiger partial charge is 0.465 e. The SMILES string of the molecule is CC(=O)OCCN1CCN([C@@H]2Cc3ccc(F)cc3Sc3ccc(C(C)C)cc32)CC1. The topological polar surface area (TPSA) is 32.8 Å². The number of ether oxygens (including phenoxy) is 1. The molecule has 6 heteroatoms. The maximum atomic E-state index is 14.0. The van der Waals surface area contributed by atoms with E-state index in [2.05, 4.69) is 41.8 Å². The summed E-state index contributed by atoms with van der Waals surface area (Å²) in [4.78, 5) is 18.2. The van der Waals surface area contributed by atoms with Gasteiger partial charge in [0.25, 0.3) is 0 Å². The summed E-state index contributed by atoms with van der Waals surface area (Å²) in [6, 6.07) is 12.3. The minimum atomic E-state index is -0.220. The van der Waals surface area contributed by atoms with Gasteiger partial charge in [0.1, 0.15) is 12.4 Å². The Morgan fingerprint density at radius 2 is 1.90 bits per heavy atom. The van der Waals surface area contributed by atoms with Gasteiger partial charge in [0.15, 0.2) is 0 Å². The van der Waals surface area contributed by atoms with E-state index in [0.717, 1.165) is 44.0 Å². The number of hydrogen-bond acceptors (Lipinski definition) is 5. The predicted molar refractivity (Wildman–Crippen MR) is 122 cm³/mol. The number of carbonyl (C=O) groups is 1. The average molecular weight is 443 g/mol. The van der Waals surface area contributed by atoms with Gasteiger partial charge in [0, 0.05) is 55.5 Å². The molecule has 1 saturated heterocycles. The van der Waals surface area contributed by atoms with Gasteiger partial charge in [-0.1, -0.05) is 43.8 Å². The Bertz CT molecular complexity index is 941. The third kappa shape index (κ3) is 5.30. The molecule has 0 bridgehead atoms. The van der Waals surface area contributed by atoms with Crippen LogP contribution in [0, 0.1) is 5.82 Å². The van der Waals surface area contributed by atoms with Crippen LogP contribution in [0.15, 0.2) is 46.2 Å². The van der Waals surface area contributed by atoms with Crippen LogP contribution in [-0.4, -0.2) is 55.1 Å². The summed E-state index contributed by atoms with van der Waals surface area (Å²) in [6.45, 7) is 11.0. The molecule has 31 heavy (non-hydrogen) atoms. The van der Waals surface area contributed by atoms with E-state index < -0.39 is 0 Å². The van der Waals surface area contributed by atoms with Crippen molar-refractivity contribution in [1.82, 2.24) is 9.80 Å². The van der Waals surface area contributed by atoms with Crippen LogP contribution >= 0.6 is 11.8 Å². The van der Waals surface area contributed by atoms with E-state index in [1.807, 2.05) is 6.07 Å². The third-order valence-corrected chi connectivity index (χ3v) is 7.47. The minimum absolute atomic E-state index is 0.175. The number of rotatable bonds is 5. The molecule has 2 aliphatic rings. The Morgan fingerprint density at radius 3 is 2.61 bits per heavy atom. The van der Waals surface area contributed by atoms with Crippen molar-refractivity contribution in [3.8, 4) is 0 Å². The number of hydrogen-bond donors (Lipinski definition) is 0. The van der Waals surface area contributed by atoms with Crippen molar-refractivity contribution in [1.29, 1.82) is 0 Å². The second kappa shape index (κ2) is 9.72. The van der Waals surface area contributed by atoms with Crippen molar-refractivity contribution in [2.75, 3.05) is 39.3 Å². The number of halogens is 1. The van der Waals surface area contributed by atoms with Gasteiger partial charge >= 0.3 is 5.97 Å². The molecule has 0 radical (unpaired) electrons. The Kier molecular flexibility index (Phi) is 6.99. The minimum Gasteiger partial charge on any atom is -0.465 e. The fourth-order valence-corrected chi connectivity index (χ4v) is 5.59. The van der Waals surface area contributed by atoms with Crippen LogP contribution in [0.25, 0.3) is 0 Å². The lowest BCUT2D eigenvalue weighted by Gasteiger charge is -2.39. The van der Waals surface area contributed by atoms with Gasteiger partial charge in [-0.25, -0.2) is 4.39 Å². The van der Waals surface area contributed by atoms with Crippen LogP contribution in [0.4, 0.5) is 4.39 Å². The molecule has 2 aromatic carbocycles. The molecule has 0 N–H and O–H groups in total. The smallest absolute Gasteiger partial charge is 0.302 e. The maximum absolute atomic E-state index is 14.0. The van der Waals surface area contributed by atoms with Crippen molar-refractivity contribution in [2.45, 2.75) is 48.9 Å². The first-order valence-corrected chi connectivity index (χ1v) is 11.9. The lowest BCUT2D eigenvalue weighted by molar-refractivity contribution is -0.141. The highest BCUT2D eigenvalue weighted by Gasteiger charge is 2.30. The van der Waals surface area contributed by atoms with E-state index in [9.17, 15) is 9.18 Å². The van der Waals surface area contributed by atoms with Gasteiger partial charge in [-0.3, -0.25) is 14.6 Å². The molecule has 4 rings (SSSR count). The maximum Gasteiger partial charge on any atom is 0.302 e. The molecule has 0 amide bonds. The number of nitrogens with zero attached hydrogens (tertiary/aromatic N) is 2. The van der Waals surface area contributed by atoms with Gasteiger partial charge in [0.05, 0.1) is 0 Å². The first-order valence-electron chi connectivity index (χ1n) is 11.1. The Labute approximate surface area is 188 Å². The van der Waals surface area contributed by atoms with E-state index in [-0.39, 0.29) is 17.8 Å². The van der Waals surface area contributed by atoms with Gasteiger partial charge in [0.2, 0.25) is 0 Å². The third-order valence-electron chi connectivity index (χ3n) is 6.28. The van der Waals surface area contributed by atoms with Gasteiger partial charge < -0.3 is 4.74 Å². The second-order valence-corrected chi connectivity index (χ2v) is 9.83. The summed E-state index contributed by atoms with van der Waals surface area (Å²) < 4.78 is 19.1. The van der Waals surface area contributed by atoms with Crippen LogP contribution in [0.2, 0.25) is 0 Å². The number of carbonyl (C=O) groups excluding carboxylic acids is 1. The van der Waals surface area contributed by atoms with Crippen LogP contribution in [-0.2, 0) is 16.0 Å². The highest BCUT2D eigenvalue weighted by atomic mass is 32.2. The zero-order valence-corrected chi connectivity index (χ0v) is 19.4. The molecular weight excluding hydrogens is 411 g/mol. The molecule has 2 aromatic rings. The molecule has 0 unspecified atom stereocenters. The fourth-order valence-electron chi connectivity index (χ4n) is 4.45. The van der Waals surface area contributed by atoms with Crippen LogP contribution in [0.3, 0.4) is 0 Å². The summed E-state index contributed by atoms with van der Waals surface area (Å²) >= 11 is 1.69. The summed E-state index contributed by atoms with van der Waals surface area (Å²) in [7, 11) is 0. The molecule has 0 saturated carbocycles. The molecule has 4 nitrogen and oxygen atoms in total. The molecule has 0 spiro atoms. The Hall–Kier alpha value is -1.89. The highest BCUT2D eigenvalue weighted by Crippen LogP contribution is 2.44. The van der Waals surface area contributed by atoms with Crippen LogP contribution < -0.4 is 0 Å². The van der Waals surface area contributed by atoms with Crippen molar-refractivity contribution < 1.29 is 13.9 Å². The van der Waals surface area contributed by atoms with Gasteiger partial charge in [-0.15, -0.1) is 0 Å². The molecule has 2 heterocycles. The molecule has 0 aromatic heterocycles. The normalized spacial score (nSPS) is 19.6. The van der Waals surface area contributed by atoms with Crippen molar-refractivity contribution >= 4 is 17.7 Å². The molecule has 1 fully saturated rings. The average Bonchev–Trinajstić information content (AvgIpc) is 2.89. The fraction of sp³-hybridized carbons (Fsp3) is 0.480. The molecule has 2 aliphatic heterocycles. The zero-order valence-electron chi connectivity index (χ0n) is 18.6. The zero-order chi connectivity index (χ0) is 22.0. The number of benzene rings is 2. The summed E-state index contributed by atoms with van der Waals surface area (Å²) in [5, 5.41) is 0. The lowest BCUT2D eigenvalue weighted by atomic mass is 9.93. The van der Waals surface area contributed by atoms with Gasteiger partial charge in [-0.2, -0.15) is 0 Å². The standard InChI is InChI=1S/C25H31FN2O2S/c1-17(2)19-5-7-24-22(14-19)23(15-20-4-6-21(26)16-25(20)31-24)28-10-8-27(9-11-28)12-13-30-18(3)29/h4-7,14,16-17,23H,8-13,15H2,1-3H3/t23-/m1/s1. The van der Waals surface area contributed by atoms with Crippen LogP contribution in [0.1, 0.15) is 49.4 Å². The summed E-state index contributed by atoms with van der Waals surface area (Å²) in [5.41, 5.74) is 3.93. The van der Waals surface area contributed by atoms with Crippen LogP contribution in [0.5, 0.6) is 0 Å². The molecular formula is C25H31FN2O2S. The van der Waals surface area contributed by atoms with Crippen molar-refractivity contribution in [3.05, 3.63) is 58.9 Å². The van der Waals surface area contributed by atoms with Crippen molar-refractivity contribution in [2.24, 2.45) is 0 Å². The number of piperazine rings is 1. The number of fused-ring (bicyclic) bond motifs is 2. The Balaban J connectivity index is 1.57. The van der Waals surface area contributed by atoms with E-state index >= 15 is 0 Å². The van der Waals surface area contributed by atoms with E-state index in [4.69, 9.17) is 4.74 Å². The number of esters is 1. The van der Waals surface area contributed by atoms with E-state index in [1.165, 1.54) is 28.5 Å². The van der Waals surface area contributed by atoms with E-state index in [0.29, 0.717) is 12.5 Å². The highest BCUT2D eigenvalue weighted by molar-refractivity contribution is 7.99. The molecule has 1 atom stereocenters. The second-order valence-electron chi connectivity index (χ2n) is 8.74. The first kappa shape index (κ1) is 22.3. The van der Waals surface area contributed by atoms with E-state index in [1.54, 1.807) is 23.9 Å². The monoisotopic (exact) mass is 442 g/mol. The lowest BCUT2D eigenvalue weighted by Crippen LogP contribution is -2.48. The van der Waals surface area contributed by atoms with Gasteiger partial charge in [-0.05, 0) is 47.2 Å².